The van der Waals surface area contributed by atoms with E-state index in [-0.39, 0.29) is 31.3 Å². The standard InChI is InChI=1S/C31H35FN4O4/c1-20-6-2-7-23(18-20)27-25(9-3-10-26(27)32)31(40,15-5-16-35-30(38)39)24-8-4-17-36(19-24)29(37)22-13-11-21(12-14-22)28(33)34/h2-3,6-7,9-14,18,24,35,40H,4-5,8,15-17,19H2,1H3,(H3,33,34)(H,38,39)/t24-,31+/m1/s1. The molecule has 1 aliphatic heterocycles. The fourth-order valence-corrected chi connectivity index (χ4v) is 5.62. The zero-order chi connectivity index (χ0) is 28.9. The number of carboxylic acid groups (broad SMARTS) is 1. The molecule has 0 saturated carbocycles. The van der Waals surface area contributed by atoms with Crippen LogP contribution in [0.1, 0.15) is 52.7 Å². The highest BCUT2D eigenvalue weighted by atomic mass is 19.1. The number of carbonyl (C=O) groups excluding carboxylic acids is 1. The van der Waals surface area contributed by atoms with Crippen LogP contribution in [0.15, 0.2) is 66.7 Å². The van der Waals surface area contributed by atoms with Gasteiger partial charge in [0.2, 0.25) is 0 Å². The molecule has 40 heavy (non-hydrogen) atoms. The molecule has 0 radical (unpaired) electrons. The third-order valence-corrected chi connectivity index (χ3v) is 7.62. The molecular formula is C31H35FN4O4. The van der Waals surface area contributed by atoms with Gasteiger partial charge in [0.25, 0.3) is 5.91 Å². The van der Waals surface area contributed by atoms with Crippen molar-refractivity contribution in [2.75, 3.05) is 19.6 Å². The van der Waals surface area contributed by atoms with Crippen molar-refractivity contribution in [3.63, 3.8) is 0 Å². The topological polar surface area (TPSA) is 140 Å². The second-order valence-corrected chi connectivity index (χ2v) is 10.4. The van der Waals surface area contributed by atoms with Crippen molar-refractivity contribution in [1.29, 1.82) is 5.41 Å². The first kappa shape index (κ1) is 28.8. The number of nitrogens with one attached hydrogen (secondary N) is 2. The van der Waals surface area contributed by atoms with Gasteiger partial charge in [0, 0.05) is 42.2 Å². The Hall–Kier alpha value is -4.24. The predicted molar refractivity (Wildman–Crippen MR) is 152 cm³/mol. The minimum atomic E-state index is -1.53. The number of halogens is 1. The molecule has 3 aromatic rings. The monoisotopic (exact) mass is 546 g/mol. The van der Waals surface area contributed by atoms with Gasteiger partial charge in [-0.2, -0.15) is 0 Å². The number of nitrogen functional groups attached to an aromatic ring is 1. The summed E-state index contributed by atoms with van der Waals surface area (Å²) in [5, 5.41) is 31.4. The van der Waals surface area contributed by atoms with Gasteiger partial charge in [0.1, 0.15) is 11.7 Å². The molecule has 0 spiro atoms. The van der Waals surface area contributed by atoms with Gasteiger partial charge >= 0.3 is 6.09 Å². The van der Waals surface area contributed by atoms with Crippen molar-refractivity contribution in [2.45, 2.75) is 38.2 Å². The molecule has 2 atom stereocenters. The molecular weight excluding hydrogens is 511 g/mol. The number of rotatable bonds is 9. The van der Waals surface area contributed by atoms with E-state index in [1.807, 2.05) is 31.2 Å². The van der Waals surface area contributed by atoms with Gasteiger partial charge in [-0.25, -0.2) is 9.18 Å². The summed E-state index contributed by atoms with van der Waals surface area (Å²) in [7, 11) is 0. The van der Waals surface area contributed by atoms with Crippen molar-refractivity contribution in [1.82, 2.24) is 10.2 Å². The number of piperidine rings is 1. The number of amidine groups is 1. The number of aliphatic hydroxyl groups is 1. The number of aryl methyl sites for hydroxylation is 1. The molecule has 0 bridgehead atoms. The number of carbonyl (C=O) groups is 2. The molecule has 1 heterocycles. The first-order valence-electron chi connectivity index (χ1n) is 13.4. The van der Waals surface area contributed by atoms with Crippen LogP contribution in [0.2, 0.25) is 0 Å². The second kappa shape index (κ2) is 12.3. The van der Waals surface area contributed by atoms with Crippen LogP contribution in [0.25, 0.3) is 11.1 Å². The minimum absolute atomic E-state index is 0.0843. The van der Waals surface area contributed by atoms with E-state index in [4.69, 9.17) is 16.2 Å². The second-order valence-electron chi connectivity index (χ2n) is 10.4. The first-order chi connectivity index (χ1) is 19.1. The zero-order valence-corrected chi connectivity index (χ0v) is 22.5. The van der Waals surface area contributed by atoms with E-state index in [9.17, 15) is 14.7 Å². The van der Waals surface area contributed by atoms with Crippen LogP contribution in [0.4, 0.5) is 9.18 Å². The Balaban J connectivity index is 1.70. The summed E-state index contributed by atoms with van der Waals surface area (Å²) in [6.07, 6.45) is 0.603. The molecule has 8 nitrogen and oxygen atoms in total. The lowest BCUT2D eigenvalue weighted by molar-refractivity contribution is -0.0564. The van der Waals surface area contributed by atoms with Gasteiger partial charge in [-0.1, -0.05) is 54.1 Å². The van der Waals surface area contributed by atoms with Gasteiger partial charge in [0.05, 0.1) is 5.60 Å². The van der Waals surface area contributed by atoms with Crippen LogP contribution < -0.4 is 11.1 Å². The summed E-state index contributed by atoms with van der Waals surface area (Å²) in [6, 6.07) is 18.6. The van der Waals surface area contributed by atoms with Gasteiger partial charge < -0.3 is 26.2 Å². The first-order valence-corrected chi connectivity index (χ1v) is 13.4. The highest BCUT2D eigenvalue weighted by Gasteiger charge is 2.43. The molecule has 210 valence electrons. The van der Waals surface area contributed by atoms with Gasteiger partial charge in [-0.15, -0.1) is 0 Å². The summed E-state index contributed by atoms with van der Waals surface area (Å²) >= 11 is 0. The number of hydrogen-bond donors (Lipinski definition) is 5. The number of amides is 2. The number of hydrogen-bond acceptors (Lipinski definition) is 4. The van der Waals surface area contributed by atoms with Gasteiger partial charge in [0.15, 0.2) is 0 Å². The Bertz CT molecular complexity index is 1390. The van der Waals surface area contributed by atoms with E-state index in [1.54, 1.807) is 41.3 Å². The Labute approximate surface area is 233 Å². The molecule has 9 heteroatoms. The largest absolute Gasteiger partial charge is 0.465 e. The van der Waals surface area contributed by atoms with E-state index in [1.165, 1.54) is 6.07 Å². The van der Waals surface area contributed by atoms with Crippen molar-refractivity contribution >= 4 is 17.8 Å². The van der Waals surface area contributed by atoms with Crippen LogP contribution in [-0.4, -0.2) is 52.6 Å². The third kappa shape index (κ3) is 6.31. The zero-order valence-electron chi connectivity index (χ0n) is 22.5. The normalized spacial score (nSPS) is 16.7. The maximum Gasteiger partial charge on any atom is 0.404 e. The average molecular weight is 547 g/mol. The highest BCUT2D eigenvalue weighted by molar-refractivity contribution is 5.98. The lowest BCUT2D eigenvalue weighted by Crippen LogP contribution is -2.48. The summed E-state index contributed by atoms with van der Waals surface area (Å²) in [5.41, 5.74) is 7.31. The predicted octanol–water partition coefficient (Wildman–Crippen LogP) is 4.87. The van der Waals surface area contributed by atoms with Crippen LogP contribution in [-0.2, 0) is 5.60 Å². The van der Waals surface area contributed by atoms with E-state index in [2.05, 4.69) is 5.32 Å². The SMILES string of the molecule is Cc1cccc(-c2c(F)cccc2[C@](O)(CCCNC(=O)O)[C@@H]2CCCN(C(=O)c3ccc(C(=N)N)cc3)C2)c1. The van der Waals surface area contributed by atoms with Gasteiger partial charge in [-0.3, -0.25) is 10.2 Å². The summed E-state index contributed by atoms with van der Waals surface area (Å²) < 4.78 is 15.5. The van der Waals surface area contributed by atoms with Crippen molar-refractivity contribution in [2.24, 2.45) is 11.7 Å². The maximum absolute atomic E-state index is 15.5. The van der Waals surface area contributed by atoms with E-state index >= 15 is 4.39 Å². The average Bonchev–Trinajstić information content (AvgIpc) is 2.94. The lowest BCUT2D eigenvalue weighted by atomic mass is 9.72. The molecule has 1 aliphatic rings. The van der Waals surface area contributed by atoms with Crippen molar-refractivity contribution in [3.05, 3.63) is 94.8 Å². The molecule has 3 aromatic carbocycles. The number of nitrogens with two attached hydrogens (primary N) is 1. The number of nitrogens with zero attached hydrogens (tertiary/aromatic N) is 1. The minimum Gasteiger partial charge on any atom is -0.465 e. The Kier molecular flexibility index (Phi) is 8.84. The molecule has 0 unspecified atom stereocenters. The van der Waals surface area contributed by atoms with Crippen LogP contribution in [0.3, 0.4) is 0 Å². The molecule has 1 saturated heterocycles. The number of benzene rings is 3. The maximum atomic E-state index is 15.5. The Morgan fingerprint density at radius 2 is 1.82 bits per heavy atom. The van der Waals surface area contributed by atoms with E-state index in [0.717, 1.165) is 5.56 Å². The number of likely N-dealkylation sites (tertiary alicyclic amines) is 1. The molecule has 1 fully saturated rings. The van der Waals surface area contributed by atoms with E-state index in [0.29, 0.717) is 53.6 Å². The Morgan fingerprint density at radius 3 is 2.50 bits per heavy atom. The Morgan fingerprint density at radius 1 is 1.12 bits per heavy atom. The summed E-state index contributed by atoms with van der Waals surface area (Å²) in [4.78, 5) is 26.2. The quantitative estimate of drug-likeness (QED) is 0.148. The van der Waals surface area contributed by atoms with Crippen LogP contribution in [0, 0.1) is 24.1 Å². The summed E-state index contributed by atoms with van der Waals surface area (Å²) in [5.74, 6) is -1.16. The van der Waals surface area contributed by atoms with Crippen molar-refractivity contribution < 1.29 is 24.2 Å². The molecule has 0 aromatic heterocycles. The lowest BCUT2D eigenvalue weighted by Gasteiger charge is -2.43. The molecule has 6 N–H and O–H groups in total. The smallest absolute Gasteiger partial charge is 0.404 e. The van der Waals surface area contributed by atoms with Crippen LogP contribution in [0.5, 0.6) is 0 Å². The van der Waals surface area contributed by atoms with Gasteiger partial charge in [-0.05, 0) is 61.9 Å². The molecule has 4 rings (SSSR count). The fraction of sp³-hybridized carbons (Fsp3) is 0.323. The third-order valence-electron chi connectivity index (χ3n) is 7.62. The van der Waals surface area contributed by atoms with Crippen LogP contribution >= 0.6 is 0 Å². The molecule has 0 aliphatic carbocycles. The molecule has 2 amide bonds. The van der Waals surface area contributed by atoms with E-state index < -0.39 is 23.4 Å². The summed E-state index contributed by atoms with van der Waals surface area (Å²) in [6.45, 7) is 2.81. The highest BCUT2D eigenvalue weighted by Crippen LogP contribution is 2.44. The fourth-order valence-electron chi connectivity index (χ4n) is 5.62. The van der Waals surface area contributed by atoms with Crippen molar-refractivity contribution in [3.8, 4) is 11.1 Å².